The van der Waals surface area contributed by atoms with Gasteiger partial charge in [-0.25, -0.2) is 4.98 Å². The van der Waals surface area contributed by atoms with Gasteiger partial charge in [-0.2, -0.15) is 5.10 Å². The van der Waals surface area contributed by atoms with Gasteiger partial charge in [0, 0.05) is 24.5 Å². The normalized spacial score (nSPS) is 10.9. The summed E-state index contributed by atoms with van der Waals surface area (Å²) in [4.78, 5) is 16.7. The molecule has 0 unspecified atom stereocenters. The first-order chi connectivity index (χ1) is 11.7. The lowest BCUT2D eigenvalue weighted by Gasteiger charge is -2.06. The van der Waals surface area contributed by atoms with Gasteiger partial charge in [0.15, 0.2) is 5.58 Å². The summed E-state index contributed by atoms with van der Waals surface area (Å²) in [5, 5.41) is 6.86. The molecular weight excluding hydrogens is 304 g/mol. The van der Waals surface area contributed by atoms with Crippen molar-refractivity contribution in [3.63, 3.8) is 0 Å². The molecule has 0 saturated heterocycles. The third-order valence-electron chi connectivity index (χ3n) is 3.71. The molecule has 0 aliphatic heterocycles. The molecule has 24 heavy (non-hydrogen) atoms. The maximum absolute atomic E-state index is 12.3. The molecule has 0 saturated carbocycles. The smallest absolute Gasteiger partial charge is 0.273 e. The molecule has 0 spiro atoms. The number of rotatable bonds is 3. The van der Waals surface area contributed by atoms with Crippen LogP contribution in [-0.4, -0.2) is 20.7 Å². The Morgan fingerprint density at radius 1 is 1.12 bits per heavy atom. The Balaban J connectivity index is 1.64. The average Bonchev–Trinajstić information content (AvgIpc) is 3.21. The van der Waals surface area contributed by atoms with Crippen molar-refractivity contribution in [2.24, 2.45) is 7.05 Å². The molecule has 0 bridgehead atoms. The monoisotopic (exact) mass is 318 g/mol. The highest BCUT2D eigenvalue weighted by Gasteiger charge is 2.12. The maximum Gasteiger partial charge on any atom is 0.273 e. The molecule has 2 aromatic carbocycles. The number of nitrogens with zero attached hydrogens (tertiary/aromatic N) is 3. The minimum atomic E-state index is -0.218. The molecule has 0 aliphatic carbocycles. The van der Waals surface area contributed by atoms with Crippen LogP contribution < -0.4 is 5.32 Å². The molecule has 118 valence electrons. The van der Waals surface area contributed by atoms with Gasteiger partial charge in [0.25, 0.3) is 5.91 Å². The summed E-state index contributed by atoms with van der Waals surface area (Å²) in [6.07, 6.45) is 1.59. The number of aromatic nitrogens is 3. The van der Waals surface area contributed by atoms with Gasteiger partial charge in [0.05, 0.1) is 0 Å². The summed E-state index contributed by atoms with van der Waals surface area (Å²) in [6, 6.07) is 16.7. The van der Waals surface area contributed by atoms with E-state index in [1.54, 1.807) is 19.3 Å². The van der Waals surface area contributed by atoms with Crippen molar-refractivity contribution in [1.82, 2.24) is 14.8 Å². The van der Waals surface area contributed by atoms with E-state index in [-0.39, 0.29) is 5.91 Å². The quantitative estimate of drug-likeness (QED) is 0.627. The molecule has 1 amide bonds. The summed E-state index contributed by atoms with van der Waals surface area (Å²) in [6.45, 7) is 0. The molecule has 6 heteroatoms. The summed E-state index contributed by atoms with van der Waals surface area (Å²) in [5.74, 6) is 0.303. The Morgan fingerprint density at radius 3 is 2.79 bits per heavy atom. The number of aryl methyl sites for hydroxylation is 1. The van der Waals surface area contributed by atoms with Gasteiger partial charge in [-0.15, -0.1) is 0 Å². The summed E-state index contributed by atoms with van der Waals surface area (Å²) >= 11 is 0. The van der Waals surface area contributed by atoms with Crippen molar-refractivity contribution in [1.29, 1.82) is 0 Å². The van der Waals surface area contributed by atoms with Crippen LogP contribution in [0.15, 0.2) is 65.2 Å². The van der Waals surface area contributed by atoms with Crippen LogP contribution in [-0.2, 0) is 7.05 Å². The number of benzene rings is 2. The number of oxazole rings is 1. The van der Waals surface area contributed by atoms with Gasteiger partial charge < -0.3 is 9.73 Å². The summed E-state index contributed by atoms with van der Waals surface area (Å²) in [5.41, 5.74) is 3.49. The van der Waals surface area contributed by atoms with Crippen LogP contribution in [0.4, 0.5) is 5.69 Å². The van der Waals surface area contributed by atoms with Crippen LogP contribution in [0.5, 0.6) is 0 Å². The molecule has 0 fully saturated rings. The zero-order chi connectivity index (χ0) is 16.5. The van der Waals surface area contributed by atoms with Crippen molar-refractivity contribution < 1.29 is 9.21 Å². The lowest BCUT2D eigenvalue weighted by Crippen LogP contribution is -2.16. The number of fused-ring (bicyclic) bond motifs is 1. The molecule has 0 radical (unpaired) electrons. The zero-order valence-corrected chi connectivity index (χ0v) is 12.9. The Bertz CT molecular complexity index is 999. The number of anilines is 1. The second kappa shape index (κ2) is 5.66. The van der Waals surface area contributed by atoms with Crippen LogP contribution in [0.25, 0.3) is 22.6 Å². The van der Waals surface area contributed by atoms with E-state index in [2.05, 4.69) is 15.4 Å². The molecule has 0 atom stereocenters. The SMILES string of the molecule is Cn1nccc1C(=O)Nc1cccc(-c2nc3ccccc3o2)c1. The minimum absolute atomic E-state index is 0.218. The number of hydrogen-bond acceptors (Lipinski definition) is 4. The molecule has 1 N–H and O–H groups in total. The fourth-order valence-corrected chi connectivity index (χ4v) is 2.52. The lowest BCUT2D eigenvalue weighted by molar-refractivity contribution is 0.101. The van der Waals surface area contributed by atoms with Crippen LogP contribution in [0.2, 0.25) is 0 Å². The van der Waals surface area contributed by atoms with E-state index >= 15 is 0 Å². The molecule has 4 rings (SSSR count). The number of nitrogens with one attached hydrogen (secondary N) is 1. The maximum atomic E-state index is 12.3. The largest absolute Gasteiger partial charge is 0.436 e. The van der Waals surface area contributed by atoms with Crippen LogP contribution in [0.1, 0.15) is 10.5 Å². The van der Waals surface area contributed by atoms with E-state index in [1.807, 2.05) is 48.5 Å². The van der Waals surface area contributed by atoms with Crippen molar-refractivity contribution in [2.45, 2.75) is 0 Å². The second-order valence-corrected chi connectivity index (χ2v) is 5.36. The molecule has 6 nitrogen and oxygen atoms in total. The molecule has 4 aromatic rings. The highest BCUT2D eigenvalue weighted by atomic mass is 16.3. The fraction of sp³-hybridized carbons (Fsp3) is 0.0556. The second-order valence-electron chi connectivity index (χ2n) is 5.36. The van der Waals surface area contributed by atoms with E-state index in [1.165, 1.54) is 4.68 Å². The van der Waals surface area contributed by atoms with E-state index in [9.17, 15) is 4.79 Å². The Hall–Kier alpha value is -3.41. The molecule has 0 aliphatic rings. The van der Waals surface area contributed by atoms with Crippen LogP contribution >= 0.6 is 0 Å². The predicted octanol–water partition coefficient (Wildman–Crippen LogP) is 3.48. The number of carbonyl (C=O) groups is 1. The highest BCUT2D eigenvalue weighted by molar-refractivity contribution is 6.03. The fourth-order valence-electron chi connectivity index (χ4n) is 2.52. The van der Waals surface area contributed by atoms with Gasteiger partial charge in [-0.05, 0) is 36.4 Å². The van der Waals surface area contributed by atoms with Gasteiger partial charge in [0.2, 0.25) is 5.89 Å². The van der Waals surface area contributed by atoms with Gasteiger partial charge in [-0.1, -0.05) is 18.2 Å². The first kappa shape index (κ1) is 14.2. The number of amides is 1. The number of hydrogen-bond donors (Lipinski definition) is 1. The Kier molecular flexibility index (Phi) is 3.35. The predicted molar refractivity (Wildman–Crippen MR) is 90.6 cm³/mol. The third kappa shape index (κ3) is 2.54. The summed E-state index contributed by atoms with van der Waals surface area (Å²) in [7, 11) is 1.73. The first-order valence-electron chi connectivity index (χ1n) is 7.46. The first-order valence-corrected chi connectivity index (χ1v) is 7.46. The molecule has 2 heterocycles. The number of carbonyl (C=O) groups excluding carboxylic acids is 1. The zero-order valence-electron chi connectivity index (χ0n) is 12.9. The van der Waals surface area contributed by atoms with E-state index in [4.69, 9.17) is 4.42 Å². The third-order valence-corrected chi connectivity index (χ3v) is 3.71. The Morgan fingerprint density at radius 2 is 2.00 bits per heavy atom. The average molecular weight is 318 g/mol. The minimum Gasteiger partial charge on any atom is -0.436 e. The summed E-state index contributed by atoms with van der Waals surface area (Å²) < 4.78 is 7.30. The van der Waals surface area contributed by atoms with Crippen molar-refractivity contribution in [3.05, 3.63) is 66.5 Å². The van der Waals surface area contributed by atoms with E-state index in [0.717, 1.165) is 16.7 Å². The highest BCUT2D eigenvalue weighted by Crippen LogP contribution is 2.26. The topological polar surface area (TPSA) is 73.0 Å². The van der Waals surface area contributed by atoms with Crippen molar-refractivity contribution >= 4 is 22.7 Å². The van der Waals surface area contributed by atoms with Gasteiger partial charge in [0.1, 0.15) is 11.2 Å². The van der Waals surface area contributed by atoms with E-state index in [0.29, 0.717) is 17.3 Å². The van der Waals surface area contributed by atoms with Gasteiger partial charge >= 0.3 is 0 Å². The standard InChI is InChI=1S/C18H14N4O2/c1-22-15(9-10-19-22)17(23)20-13-6-4-5-12(11-13)18-21-14-7-2-3-8-16(14)24-18/h2-11H,1H3,(H,20,23). The van der Waals surface area contributed by atoms with Crippen LogP contribution in [0, 0.1) is 0 Å². The van der Waals surface area contributed by atoms with Crippen molar-refractivity contribution in [2.75, 3.05) is 5.32 Å². The number of para-hydroxylation sites is 2. The van der Waals surface area contributed by atoms with Gasteiger partial charge in [-0.3, -0.25) is 9.48 Å². The van der Waals surface area contributed by atoms with E-state index < -0.39 is 0 Å². The lowest BCUT2D eigenvalue weighted by atomic mass is 10.2. The Labute approximate surface area is 137 Å². The van der Waals surface area contributed by atoms with Crippen molar-refractivity contribution in [3.8, 4) is 11.5 Å². The van der Waals surface area contributed by atoms with Crippen LogP contribution in [0.3, 0.4) is 0 Å². The molecule has 2 aromatic heterocycles. The molecular formula is C18H14N4O2.